The lowest BCUT2D eigenvalue weighted by Gasteiger charge is -2.18. The summed E-state index contributed by atoms with van der Waals surface area (Å²) in [6.07, 6.45) is 1.10. The molecule has 0 amide bonds. The average molecular weight is 793 g/mol. The molecule has 0 fully saturated rings. The summed E-state index contributed by atoms with van der Waals surface area (Å²) in [6, 6.07) is 78.5. The SMILES string of the molecule is CCC(C)c1ccccc1-n1c2ccccc2c2cc(-c3ccc4c(c3)c3ccccc3n4-c3ccc(-c4c5ccccc5c(-c5ccccc5)c5ccccc45)cc3)ccc21. The van der Waals surface area contributed by atoms with Crippen molar-refractivity contribution in [3.8, 4) is 44.8 Å². The van der Waals surface area contributed by atoms with E-state index in [1.807, 2.05) is 0 Å². The Morgan fingerprint density at radius 3 is 1.29 bits per heavy atom. The van der Waals surface area contributed by atoms with Gasteiger partial charge in [-0.1, -0.05) is 172 Å². The molecule has 0 aliphatic carbocycles. The van der Waals surface area contributed by atoms with Crippen molar-refractivity contribution in [1.29, 1.82) is 0 Å². The molecule has 0 saturated heterocycles. The summed E-state index contributed by atoms with van der Waals surface area (Å²) in [7, 11) is 0. The highest BCUT2D eigenvalue weighted by Gasteiger charge is 2.20. The predicted octanol–water partition coefficient (Wildman–Crippen LogP) is 16.7. The number of benzene rings is 10. The Labute approximate surface area is 361 Å². The fraction of sp³-hybridized carbons (Fsp3) is 0.0667. The maximum atomic E-state index is 2.47. The van der Waals surface area contributed by atoms with Gasteiger partial charge in [0.1, 0.15) is 0 Å². The first-order chi connectivity index (χ1) is 30.7. The van der Waals surface area contributed by atoms with Crippen LogP contribution in [0, 0.1) is 0 Å². The van der Waals surface area contributed by atoms with Crippen LogP contribution in [0.4, 0.5) is 0 Å². The van der Waals surface area contributed by atoms with Crippen LogP contribution in [-0.4, -0.2) is 9.13 Å². The van der Waals surface area contributed by atoms with E-state index in [0.717, 1.165) is 12.1 Å². The molecular formula is C60H44N2. The van der Waals surface area contributed by atoms with Gasteiger partial charge in [-0.05, 0) is 127 Å². The Hall–Kier alpha value is -7.68. The van der Waals surface area contributed by atoms with Crippen molar-refractivity contribution in [1.82, 2.24) is 9.13 Å². The molecule has 0 spiro atoms. The van der Waals surface area contributed by atoms with Crippen LogP contribution in [0.5, 0.6) is 0 Å². The molecule has 0 aliphatic heterocycles. The van der Waals surface area contributed by atoms with Crippen molar-refractivity contribution in [3.63, 3.8) is 0 Å². The maximum Gasteiger partial charge on any atom is 0.0541 e. The quantitative estimate of drug-likeness (QED) is 0.142. The van der Waals surface area contributed by atoms with Crippen LogP contribution in [0.1, 0.15) is 31.7 Å². The molecule has 1 unspecified atom stereocenters. The van der Waals surface area contributed by atoms with E-state index >= 15 is 0 Å². The third-order valence-corrected chi connectivity index (χ3v) is 13.4. The zero-order valence-electron chi connectivity index (χ0n) is 34.9. The maximum absolute atomic E-state index is 2.47. The molecule has 2 heteroatoms. The van der Waals surface area contributed by atoms with Gasteiger partial charge in [0.15, 0.2) is 0 Å². The number of hydrogen-bond donors (Lipinski definition) is 0. The van der Waals surface area contributed by atoms with Gasteiger partial charge in [0.2, 0.25) is 0 Å². The van der Waals surface area contributed by atoms with Gasteiger partial charge in [-0.2, -0.15) is 0 Å². The van der Waals surface area contributed by atoms with Gasteiger partial charge in [-0.25, -0.2) is 0 Å². The molecule has 2 nitrogen and oxygen atoms in total. The summed E-state index contributed by atoms with van der Waals surface area (Å²) in [5, 5.41) is 10.1. The number of nitrogens with zero attached hydrogens (tertiary/aromatic N) is 2. The Morgan fingerprint density at radius 1 is 0.339 bits per heavy atom. The summed E-state index contributed by atoms with van der Waals surface area (Å²) in [5.74, 6) is 0.465. The first-order valence-electron chi connectivity index (χ1n) is 21.9. The number of rotatable bonds is 7. The zero-order valence-corrected chi connectivity index (χ0v) is 34.9. The molecule has 62 heavy (non-hydrogen) atoms. The first kappa shape index (κ1) is 36.2. The first-order valence-corrected chi connectivity index (χ1v) is 21.9. The van der Waals surface area contributed by atoms with Crippen LogP contribution in [0.15, 0.2) is 212 Å². The van der Waals surface area contributed by atoms with Crippen molar-refractivity contribution in [2.24, 2.45) is 0 Å². The third-order valence-electron chi connectivity index (χ3n) is 13.4. The summed E-state index contributed by atoms with van der Waals surface area (Å²) in [4.78, 5) is 0. The van der Waals surface area contributed by atoms with Gasteiger partial charge < -0.3 is 9.13 Å². The van der Waals surface area contributed by atoms with E-state index in [9.17, 15) is 0 Å². The van der Waals surface area contributed by atoms with Crippen LogP contribution in [0.2, 0.25) is 0 Å². The number of hydrogen-bond acceptors (Lipinski definition) is 0. The van der Waals surface area contributed by atoms with Crippen LogP contribution in [0.25, 0.3) is 110 Å². The molecule has 12 aromatic rings. The number of para-hydroxylation sites is 3. The highest BCUT2D eigenvalue weighted by atomic mass is 15.0. The van der Waals surface area contributed by atoms with Crippen LogP contribution < -0.4 is 0 Å². The van der Waals surface area contributed by atoms with Crippen molar-refractivity contribution in [3.05, 3.63) is 218 Å². The highest BCUT2D eigenvalue weighted by Crippen LogP contribution is 2.45. The second kappa shape index (κ2) is 14.5. The second-order valence-electron chi connectivity index (χ2n) is 16.8. The molecule has 1 atom stereocenters. The molecule has 0 saturated carbocycles. The van der Waals surface area contributed by atoms with Crippen LogP contribution in [-0.2, 0) is 0 Å². The van der Waals surface area contributed by atoms with Crippen molar-refractivity contribution in [2.75, 3.05) is 0 Å². The fourth-order valence-corrected chi connectivity index (χ4v) is 10.3. The topological polar surface area (TPSA) is 9.86 Å². The lowest BCUT2D eigenvalue weighted by Crippen LogP contribution is -2.02. The molecule has 294 valence electrons. The Balaban J connectivity index is 0.982. The monoisotopic (exact) mass is 792 g/mol. The molecule has 2 aromatic heterocycles. The summed E-state index contributed by atoms with van der Waals surface area (Å²) in [6.45, 7) is 4.61. The second-order valence-corrected chi connectivity index (χ2v) is 16.8. The molecule has 0 radical (unpaired) electrons. The van der Waals surface area contributed by atoms with E-state index in [-0.39, 0.29) is 0 Å². The molecule has 0 bridgehead atoms. The van der Waals surface area contributed by atoms with Gasteiger partial charge in [-0.3, -0.25) is 0 Å². The molecule has 0 N–H and O–H groups in total. The molecular weight excluding hydrogens is 749 g/mol. The van der Waals surface area contributed by atoms with Gasteiger partial charge in [-0.15, -0.1) is 0 Å². The Morgan fingerprint density at radius 2 is 0.742 bits per heavy atom. The fourth-order valence-electron chi connectivity index (χ4n) is 10.3. The Bertz CT molecular complexity index is 3620. The lowest BCUT2D eigenvalue weighted by atomic mass is 9.86. The number of fused-ring (bicyclic) bond motifs is 8. The predicted molar refractivity (Wildman–Crippen MR) is 265 cm³/mol. The smallest absolute Gasteiger partial charge is 0.0541 e. The normalized spacial score (nSPS) is 12.4. The zero-order chi connectivity index (χ0) is 41.3. The minimum atomic E-state index is 0.465. The minimum Gasteiger partial charge on any atom is -0.309 e. The summed E-state index contributed by atoms with van der Waals surface area (Å²) in [5.41, 5.74) is 16.1. The largest absolute Gasteiger partial charge is 0.309 e. The van der Waals surface area contributed by atoms with Crippen LogP contribution >= 0.6 is 0 Å². The van der Waals surface area contributed by atoms with E-state index in [0.29, 0.717) is 5.92 Å². The van der Waals surface area contributed by atoms with E-state index < -0.39 is 0 Å². The van der Waals surface area contributed by atoms with Crippen molar-refractivity contribution < 1.29 is 0 Å². The molecule has 10 aromatic carbocycles. The van der Waals surface area contributed by atoms with E-state index in [1.165, 1.54) is 110 Å². The van der Waals surface area contributed by atoms with Gasteiger partial charge in [0.05, 0.1) is 22.1 Å². The van der Waals surface area contributed by atoms with E-state index in [1.54, 1.807) is 0 Å². The highest BCUT2D eigenvalue weighted by molar-refractivity contribution is 6.21. The molecule has 12 rings (SSSR count). The van der Waals surface area contributed by atoms with Gasteiger partial charge in [0, 0.05) is 32.9 Å². The third kappa shape index (κ3) is 5.57. The minimum absolute atomic E-state index is 0.465. The standard InChI is InChI=1S/C60H44N2/c1-3-39(2)45-19-11-14-26-54(45)62-56-28-16-13-21-47(56)53-38-43(32-36-58(53)62)42-31-35-57-52(37-42)46-20-12-15-27-55(46)61(57)44-33-29-41(30-34-44)60-50-24-9-7-22-48(50)59(40-17-5-4-6-18-40)49-23-8-10-25-51(49)60/h4-39H,3H2,1-2H3. The Kier molecular flexibility index (Phi) is 8.47. The average Bonchev–Trinajstić information content (AvgIpc) is 3.85. The lowest BCUT2D eigenvalue weighted by molar-refractivity contribution is 0.728. The van der Waals surface area contributed by atoms with E-state index in [4.69, 9.17) is 0 Å². The van der Waals surface area contributed by atoms with Gasteiger partial charge >= 0.3 is 0 Å². The van der Waals surface area contributed by atoms with E-state index in [2.05, 4.69) is 235 Å². The van der Waals surface area contributed by atoms with Gasteiger partial charge in [0.25, 0.3) is 0 Å². The molecule has 2 heterocycles. The van der Waals surface area contributed by atoms with Crippen molar-refractivity contribution >= 4 is 65.2 Å². The van der Waals surface area contributed by atoms with Crippen LogP contribution in [0.3, 0.4) is 0 Å². The molecule has 0 aliphatic rings. The van der Waals surface area contributed by atoms with Crippen molar-refractivity contribution in [2.45, 2.75) is 26.2 Å². The summed E-state index contributed by atoms with van der Waals surface area (Å²) >= 11 is 0. The summed E-state index contributed by atoms with van der Waals surface area (Å²) < 4.78 is 4.90. The number of aromatic nitrogens is 2.